The number of hydrogen-bond donors (Lipinski definition) is 1. The summed E-state index contributed by atoms with van der Waals surface area (Å²) in [6.45, 7) is 4.83. The Labute approximate surface area is 159 Å². The largest absolute Gasteiger partial charge is 0.444 e. The summed E-state index contributed by atoms with van der Waals surface area (Å²) in [4.78, 5) is 21.5. The first-order valence-corrected chi connectivity index (χ1v) is 8.66. The van der Waals surface area contributed by atoms with Crippen LogP contribution in [0.3, 0.4) is 0 Å². The van der Waals surface area contributed by atoms with Gasteiger partial charge in [-0.25, -0.2) is 27.9 Å². The minimum absolute atomic E-state index is 0.0525. The number of anilines is 1. The average Bonchev–Trinajstić information content (AvgIpc) is 3.01. The fourth-order valence-corrected chi connectivity index (χ4v) is 2.85. The van der Waals surface area contributed by atoms with Crippen molar-refractivity contribution >= 4 is 11.8 Å². The van der Waals surface area contributed by atoms with E-state index in [1.807, 2.05) is 0 Å². The lowest BCUT2D eigenvalue weighted by Crippen LogP contribution is -2.47. The lowest BCUT2D eigenvalue weighted by Gasteiger charge is -2.38. The van der Waals surface area contributed by atoms with Crippen LogP contribution in [0.15, 0.2) is 18.6 Å². The highest BCUT2D eigenvalue weighted by Crippen LogP contribution is 2.39. The standard InChI is InChI=1S/C17H21F3N6O2/c1-16(2,3)28-15(27)25-5-4-17(19,20)7-12(25)13-23-9-26(24-13)14-11(18)6-10(21)8-22-14/h6,8-9,12H,4-5,7,21H2,1-3H3. The van der Waals surface area contributed by atoms with Crippen molar-refractivity contribution < 1.29 is 22.7 Å². The van der Waals surface area contributed by atoms with Crippen molar-refractivity contribution in [1.29, 1.82) is 0 Å². The number of carbonyl (C=O) groups is 1. The summed E-state index contributed by atoms with van der Waals surface area (Å²) in [7, 11) is 0. The Kier molecular flexibility index (Phi) is 4.94. The van der Waals surface area contributed by atoms with Crippen LogP contribution >= 0.6 is 0 Å². The van der Waals surface area contributed by atoms with Gasteiger partial charge in [0, 0.05) is 25.5 Å². The molecule has 152 valence electrons. The molecule has 0 aromatic carbocycles. The molecule has 1 aliphatic heterocycles. The molecule has 1 fully saturated rings. The zero-order valence-corrected chi connectivity index (χ0v) is 15.7. The van der Waals surface area contributed by atoms with Crippen LogP contribution in [0.5, 0.6) is 0 Å². The highest BCUT2D eigenvalue weighted by atomic mass is 19.3. The van der Waals surface area contributed by atoms with Gasteiger partial charge in [0.25, 0.3) is 5.92 Å². The Hall–Kier alpha value is -2.85. The second-order valence-electron chi connectivity index (χ2n) is 7.62. The maximum absolute atomic E-state index is 14.1. The average molecular weight is 398 g/mol. The van der Waals surface area contributed by atoms with E-state index in [-0.39, 0.29) is 23.9 Å². The van der Waals surface area contributed by atoms with Crippen molar-refractivity contribution in [3.8, 4) is 5.82 Å². The molecule has 1 atom stereocenters. The molecule has 0 saturated carbocycles. The van der Waals surface area contributed by atoms with E-state index in [1.54, 1.807) is 20.8 Å². The fourth-order valence-electron chi connectivity index (χ4n) is 2.85. The zero-order valence-electron chi connectivity index (χ0n) is 15.7. The van der Waals surface area contributed by atoms with Crippen molar-refractivity contribution in [3.05, 3.63) is 30.2 Å². The van der Waals surface area contributed by atoms with Gasteiger partial charge in [0.1, 0.15) is 18.0 Å². The molecule has 8 nitrogen and oxygen atoms in total. The lowest BCUT2D eigenvalue weighted by molar-refractivity contribution is -0.0823. The molecular formula is C17H21F3N6O2. The summed E-state index contributed by atoms with van der Waals surface area (Å²) < 4.78 is 48.4. The van der Waals surface area contributed by atoms with Gasteiger partial charge in [-0.2, -0.15) is 4.68 Å². The van der Waals surface area contributed by atoms with E-state index in [0.717, 1.165) is 17.1 Å². The molecule has 28 heavy (non-hydrogen) atoms. The first kappa shape index (κ1) is 19.9. The summed E-state index contributed by atoms with van der Waals surface area (Å²) in [5.74, 6) is -3.96. The second kappa shape index (κ2) is 6.95. The van der Waals surface area contributed by atoms with Crippen molar-refractivity contribution in [2.24, 2.45) is 0 Å². The van der Waals surface area contributed by atoms with Crippen molar-refractivity contribution in [1.82, 2.24) is 24.6 Å². The molecule has 3 rings (SSSR count). The van der Waals surface area contributed by atoms with Gasteiger partial charge in [-0.1, -0.05) is 0 Å². The van der Waals surface area contributed by atoms with E-state index in [1.165, 1.54) is 11.1 Å². The van der Waals surface area contributed by atoms with Gasteiger partial charge in [0.05, 0.1) is 11.9 Å². The van der Waals surface area contributed by atoms with Gasteiger partial charge in [-0.3, -0.25) is 4.90 Å². The Bertz CT molecular complexity index is 880. The molecule has 0 spiro atoms. The van der Waals surface area contributed by atoms with Gasteiger partial charge in [0.2, 0.25) is 0 Å². The number of rotatable bonds is 2. The van der Waals surface area contributed by atoms with Crippen LogP contribution in [0.4, 0.5) is 23.7 Å². The van der Waals surface area contributed by atoms with Crippen molar-refractivity contribution in [2.75, 3.05) is 12.3 Å². The highest BCUT2D eigenvalue weighted by Gasteiger charge is 2.45. The Balaban J connectivity index is 1.91. The summed E-state index contributed by atoms with van der Waals surface area (Å²) in [6.07, 6.45) is 0.505. The van der Waals surface area contributed by atoms with Crippen LogP contribution in [-0.4, -0.2) is 48.8 Å². The molecule has 1 aliphatic rings. The summed E-state index contributed by atoms with van der Waals surface area (Å²) in [5, 5.41) is 4.07. The third-order valence-corrected chi connectivity index (χ3v) is 4.08. The number of carbonyl (C=O) groups excluding carboxylic acids is 1. The Morgan fingerprint density at radius 2 is 2.07 bits per heavy atom. The number of nitrogen functional groups attached to an aromatic ring is 1. The summed E-state index contributed by atoms with van der Waals surface area (Å²) >= 11 is 0. The van der Waals surface area contributed by atoms with Gasteiger partial charge in [-0.15, -0.1) is 5.10 Å². The number of nitrogens with zero attached hydrogens (tertiary/aromatic N) is 5. The first-order valence-electron chi connectivity index (χ1n) is 8.66. The number of piperidine rings is 1. The summed E-state index contributed by atoms with van der Waals surface area (Å²) in [5.41, 5.74) is 4.81. The van der Waals surface area contributed by atoms with E-state index in [4.69, 9.17) is 10.5 Å². The Morgan fingerprint density at radius 3 is 2.71 bits per heavy atom. The zero-order chi connectivity index (χ0) is 20.7. The molecule has 3 heterocycles. The monoisotopic (exact) mass is 398 g/mol. The molecule has 1 saturated heterocycles. The van der Waals surface area contributed by atoms with Crippen LogP contribution in [0.2, 0.25) is 0 Å². The minimum atomic E-state index is -2.99. The number of nitrogens with two attached hydrogens (primary N) is 1. The van der Waals surface area contributed by atoms with Crippen LogP contribution < -0.4 is 5.73 Å². The van der Waals surface area contributed by atoms with E-state index in [2.05, 4.69) is 15.1 Å². The second-order valence-corrected chi connectivity index (χ2v) is 7.62. The third-order valence-electron chi connectivity index (χ3n) is 4.08. The predicted molar refractivity (Wildman–Crippen MR) is 93.4 cm³/mol. The number of likely N-dealkylation sites (tertiary alicyclic amines) is 1. The lowest BCUT2D eigenvalue weighted by atomic mass is 9.98. The third kappa shape index (κ3) is 4.34. The highest BCUT2D eigenvalue weighted by molar-refractivity contribution is 5.69. The number of pyridine rings is 1. The number of ether oxygens (including phenoxy) is 1. The molecule has 2 N–H and O–H groups in total. The van der Waals surface area contributed by atoms with Crippen LogP contribution in [-0.2, 0) is 4.74 Å². The van der Waals surface area contributed by atoms with Crippen LogP contribution in [0, 0.1) is 5.82 Å². The minimum Gasteiger partial charge on any atom is -0.444 e. The molecule has 2 aromatic heterocycles. The number of alkyl halides is 2. The number of aromatic nitrogens is 4. The topological polar surface area (TPSA) is 99.2 Å². The quantitative estimate of drug-likeness (QED) is 0.835. The molecule has 0 radical (unpaired) electrons. The van der Waals surface area contributed by atoms with Crippen molar-refractivity contribution in [2.45, 2.75) is 51.2 Å². The first-order chi connectivity index (χ1) is 13.0. The van der Waals surface area contributed by atoms with Gasteiger partial charge in [-0.05, 0) is 20.8 Å². The van der Waals surface area contributed by atoms with E-state index in [9.17, 15) is 18.0 Å². The number of halogens is 3. The molecule has 1 unspecified atom stereocenters. The molecule has 11 heteroatoms. The van der Waals surface area contributed by atoms with E-state index >= 15 is 0 Å². The van der Waals surface area contributed by atoms with E-state index < -0.39 is 42.3 Å². The molecule has 0 bridgehead atoms. The normalized spacial score (nSPS) is 19.5. The van der Waals surface area contributed by atoms with Crippen molar-refractivity contribution in [3.63, 3.8) is 0 Å². The summed E-state index contributed by atoms with van der Waals surface area (Å²) in [6, 6.07) is -0.0532. The van der Waals surface area contributed by atoms with Crippen LogP contribution in [0.1, 0.15) is 45.5 Å². The molecular weight excluding hydrogens is 377 g/mol. The van der Waals surface area contributed by atoms with E-state index in [0.29, 0.717) is 0 Å². The van der Waals surface area contributed by atoms with Gasteiger partial charge in [0.15, 0.2) is 17.5 Å². The predicted octanol–water partition coefficient (Wildman–Crippen LogP) is 3.09. The molecule has 0 aliphatic carbocycles. The van der Waals surface area contributed by atoms with Gasteiger partial charge < -0.3 is 10.5 Å². The smallest absolute Gasteiger partial charge is 0.410 e. The SMILES string of the molecule is CC(C)(C)OC(=O)N1CCC(F)(F)CC1c1ncn(-c2ncc(N)cc2F)n1. The molecule has 2 aromatic rings. The Morgan fingerprint density at radius 1 is 1.36 bits per heavy atom. The maximum atomic E-state index is 14.1. The fraction of sp³-hybridized carbons (Fsp3) is 0.529. The number of hydrogen-bond acceptors (Lipinski definition) is 6. The molecule has 1 amide bonds. The maximum Gasteiger partial charge on any atom is 0.410 e. The van der Waals surface area contributed by atoms with Gasteiger partial charge >= 0.3 is 6.09 Å². The number of amides is 1. The van der Waals surface area contributed by atoms with Crippen LogP contribution in [0.25, 0.3) is 5.82 Å².